The van der Waals surface area contributed by atoms with Crippen LogP contribution in [0.3, 0.4) is 0 Å². The van der Waals surface area contributed by atoms with Crippen LogP contribution in [0.1, 0.15) is 43.4 Å². The summed E-state index contributed by atoms with van der Waals surface area (Å²) in [6, 6.07) is 4.06. The molecule has 0 unspecified atom stereocenters. The minimum atomic E-state index is -0.0790. The first-order chi connectivity index (χ1) is 13.7. The Morgan fingerprint density at radius 1 is 1.14 bits per heavy atom. The summed E-state index contributed by atoms with van der Waals surface area (Å²) < 4.78 is 0. The van der Waals surface area contributed by atoms with Crippen LogP contribution in [0.25, 0.3) is 0 Å². The summed E-state index contributed by atoms with van der Waals surface area (Å²) in [6.07, 6.45) is 7.27. The van der Waals surface area contributed by atoms with E-state index in [1.165, 1.54) is 30.6 Å². The van der Waals surface area contributed by atoms with E-state index in [1.54, 1.807) is 4.90 Å². The number of anilines is 2. The highest BCUT2D eigenvalue weighted by atomic mass is 32.1. The second-order valence-corrected chi connectivity index (χ2v) is 8.13. The quantitative estimate of drug-likeness (QED) is 0.808. The third-order valence-corrected chi connectivity index (χ3v) is 6.08. The number of pyridine rings is 1. The minimum Gasteiger partial charge on any atom is -0.357 e. The SMILES string of the molecule is O=C(Cc1csc(N2CCCC2=O)n1)NCc1ccc(N2CCCCC2)nc1. The maximum absolute atomic E-state index is 12.2. The Bertz CT molecular complexity index is 829. The normalized spacial score (nSPS) is 17.2. The second kappa shape index (κ2) is 8.68. The summed E-state index contributed by atoms with van der Waals surface area (Å²) in [4.78, 5) is 37.1. The number of rotatable bonds is 6. The van der Waals surface area contributed by atoms with Crippen molar-refractivity contribution in [1.82, 2.24) is 15.3 Å². The van der Waals surface area contributed by atoms with E-state index in [9.17, 15) is 9.59 Å². The number of nitrogens with one attached hydrogen (secondary N) is 1. The Kier molecular flexibility index (Phi) is 5.85. The van der Waals surface area contributed by atoms with Crippen LogP contribution < -0.4 is 15.1 Å². The fourth-order valence-electron chi connectivity index (χ4n) is 3.61. The predicted octanol–water partition coefficient (Wildman–Crippen LogP) is 2.51. The van der Waals surface area contributed by atoms with Crippen molar-refractivity contribution in [3.63, 3.8) is 0 Å². The van der Waals surface area contributed by atoms with Gasteiger partial charge < -0.3 is 10.2 Å². The van der Waals surface area contributed by atoms with E-state index in [-0.39, 0.29) is 18.2 Å². The predicted molar refractivity (Wildman–Crippen MR) is 110 cm³/mol. The molecule has 0 saturated carbocycles. The fraction of sp³-hybridized carbons (Fsp3) is 0.500. The van der Waals surface area contributed by atoms with Crippen LogP contribution in [0.15, 0.2) is 23.7 Å². The van der Waals surface area contributed by atoms with Crippen molar-refractivity contribution in [2.75, 3.05) is 29.4 Å². The molecule has 28 heavy (non-hydrogen) atoms. The van der Waals surface area contributed by atoms with Crippen molar-refractivity contribution in [1.29, 1.82) is 0 Å². The maximum atomic E-state index is 12.2. The van der Waals surface area contributed by atoms with Gasteiger partial charge in [0.1, 0.15) is 5.82 Å². The third-order valence-electron chi connectivity index (χ3n) is 5.16. The minimum absolute atomic E-state index is 0.0790. The highest BCUT2D eigenvalue weighted by Crippen LogP contribution is 2.25. The molecule has 0 aliphatic carbocycles. The highest BCUT2D eigenvalue weighted by Gasteiger charge is 2.24. The van der Waals surface area contributed by atoms with Gasteiger partial charge in [0.05, 0.1) is 12.1 Å². The largest absolute Gasteiger partial charge is 0.357 e. The number of carbonyl (C=O) groups excluding carboxylic acids is 2. The lowest BCUT2D eigenvalue weighted by atomic mass is 10.1. The van der Waals surface area contributed by atoms with Crippen LogP contribution in [-0.2, 0) is 22.6 Å². The van der Waals surface area contributed by atoms with E-state index < -0.39 is 0 Å². The Morgan fingerprint density at radius 2 is 2.00 bits per heavy atom. The molecule has 1 N–H and O–H groups in total. The van der Waals surface area contributed by atoms with Crippen molar-refractivity contribution in [3.8, 4) is 0 Å². The number of thiazole rings is 1. The molecule has 0 radical (unpaired) electrons. The summed E-state index contributed by atoms with van der Waals surface area (Å²) in [6.45, 7) is 3.32. The van der Waals surface area contributed by atoms with Gasteiger partial charge in [0.25, 0.3) is 0 Å². The van der Waals surface area contributed by atoms with E-state index in [4.69, 9.17) is 0 Å². The molecule has 148 valence electrons. The van der Waals surface area contributed by atoms with Crippen molar-refractivity contribution in [2.24, 2.45) is 0 Å². The van der Waals surface area contributed by atoms with Crippen LogP contribution >= 0.6 is 11.3 Å². The molecule has 4 heterocycles. The average molecular weight is 400 g/mol. The smallest absolute Gasteiger partial charge is 0.228 e. The Hall–Kier alpha value is -2.48. The zero-order valence-electron chi connectivity index (χ0n) is 15.9. The van der Waals surface area contributed by atoms with E-state index >= 15 is 0 Å². The maximum Gasteiger partial charge on any atom is 0.228 e. The zero-order chi connectivity index (χ0) is 19.3. The van der Waals surface area contributed by atoms with Crippen LogP contribution in [-0.4, -0.2) is 41.4 Å². The molecule has 0 bridgehead atoms. The van der Waals surface area contributed by atoms with Crippen molar-refractivity contribution >= 4 is 34.1 Å². The molecule has 2 amide bonds. The van der Waals surface area contributed by atoms with E-state index in [0.717, 1.165) is 37.4 Å². The van der Waals surface area contributed by atoms with Crippen LogP contribution in [0.5, 0.6) is 0 Å². The van der Waals surface area contributed by atoms with Gasteiger partial charge >= 0.3 is 0 Å². The van der Waals surface area contributed by atoms with Crippen molar-refractivity contribution < 1.29 is 9.59 Å². The standard InChI is InChI=1S/C20H25N5O2S/c26-18(11-16-14-28-20(23-16)25-10-4-5-19(25)27)22-13-15-6-7-17(21-12-15)24-8-2-1-3-9-24/h6-7,12,14H,1-5,8-11,13H2,(H,22,26). The second-order valence-electron chi connectivity index (χ2n) is 7.30. The van der Waals surface area contributed by atoms with Crippen LogP contribution in [0.2, 0.25) is 0 Å². The van der Waals surface area contributed by atoms with Crippen LogP contribution in [0.4, 0.5) is 10.9 Å². The first kappa shape index (κ1) is 18.9. The number of aromatic nitrogens is 2. The summed E-state index contributed by atoms with van der Waals surface area (Å²) in [5, 5.41) is 5.48. The summed E-state index contributed by atoms with van der Waals surface area (Å²) in [7, 11) is 0. The van der Waals surface area contributed by atoms with Gasteiger partial charge in [0.2, 0.25) is 11.8 Å². The lowest BCUT2D eigenvalue weighted by Crippen LogP contribution is -2.30. The molecular weight excluding hydrogens is 374 g/mol. The number of carbonyl (C=O) groups is 2. The lowest BCUT2D eigenvalue weighted by Gasteiger charge is -2.27. The van der Waals surface area contributed by atoms with Gasteiger partial charge in [-0.2, -0.15) is 0 Å². The molecule has 7 nitrogen and oxygen atoms in total. The molecule has 2 aromatic rings. The van der Waals surface area contributed by atoms with E-state index in [2.05, 4.69) is 20.2 Å². The summed E-state index contributed by atoms with van der Waals surface area (Å²) in [5.74, 6) is 1.05. The summed E-state index contributed by atoms with van der Waals surface area (Å²) in [5.41, 5.74) is 1.69. The topological polar surface area (TPSA) is 78.4 Å². The average Bonchev–Trinajstić information content (AvgIpc) is 3.36. The van der Waals surface area contributed by atoms with E-state index in [0.29, 0.717) is 23.8 Å². The molecule has 2 aromatic heterocycles. The van der Waals surface area contributed by atoms with Gasteiger partial charge in [-0.3, -0.25) is 14.5 Å². The molecule has 8 heteroatoms. The molecule has 0 atom stereocenters. The monoisotopic (exact) mass is 399 g/mol. The number of nitrogens with zero attached hydrogens (tertiary/aromatic N) is 4. The number of hydrogen-bond donors (Lipinski definition) is 1. The molecule has 4 rings (SSSR count). The Morgan fingerprint density at radius 3 is 2.71 bits per heavy atom. The van der Waals surface area contributed by atoms with E-state index in [1.807, 2.05) is 23.7 Å². The Labute approximate surface area is 168 Å². The third kappa shape index (κ3) is 4.49. The lowest BCUT2D eigenvalue weighted by molar-refractivity contribution is -0.120. The van der Waals surface area contributed by atoms with Crippen molar-refractivity contribution in [2.45, 2.75) is 45.1 Å². The van der Waals surface area contributed by atoms with Gasteiger partial charge in [0.15, 0.2) is 5.13 Å². The molecule has 2 fully saturated rings. The van der Waals surface area contributed by atoms with Gasteiger partial charge in [0, 0.05) is 44.2 Å². The Balaban J connectivity index is 1.26. The van der Waals surface area contributed by atoms with Crippen LogP contribution in [0, 0.1) is 0 Å². The number of piperidine rings is 1. The molecule has 2 aliphatic rings. The van der Waals surface area contributed by atoms with Gasteiger partial charge in [-0.05, 0) is 37.3 Å². The fourth-order valence-corrected chi connectivity index (χ4v) is 4.48. The zero-order valence-corrected chi connectivity index (χ0v) is 16.7. The molecule has 2 aliphatic heterocycles. The summed E-state index contributed by atoms with van der Waals surface area (Å²) >= 11 is 1.42. The number of amides is 2. The first-order valence-electron chi connectivity index (χ1n) is 9.90. The van der Waals surface area contributed by atoms with Crippen molar-refractivity contribution in [3.05, 3.63) is 35.0 Å². The van der Waals surface area contributed by atoms with Gasteiger partial charge in [-0.1, -0.05) is 6.07 Å². The van der Waals surface area contributed by atoms with Gasteiger partial charge in [-0.25, -0.2) is 9.97 Å². The number of hydrogen-bond acceptors (Lipinski definition) is 6. The van der Waals surface area contributed by atoms with Gasteiger partial charge in [-0.15, -0.1) is 11.3 Å². The molecular formula is C20H25N5O2S. The molecule has 0 aromatic carbocycles. The molecule has 2 saturated heterocycles. The first-order valence-corrected chi connectivity index (χ1v) is 10.8. The molecule has 0 spiro atoms. The highest BCUT2D eigenvalue weighted by molar-refractivity contribution is 7.14.